The molecule has 2 atom stereocenters. The fourth-order valence-corrected chi connectivity index (χ4v) is 2.74. The minimum Gasteiger partial charge on any atom is -0.481 e. The van der Waals surface area contributed by atoms with E-state index in [0.717, 1.165) is 25.9 Å². The highest BCUT2D eigenvalue weighted by molar-refractivity contribution is 5.97. The average Bonchev–Trinajstić information content (AvgIpc) is 2.30. The number of carboxylic acids is 1. The molecule has 1 amide bonds. The summed E-state index contributed by atoms with van der Waals surface area (Å²) in [5, 5.41) is 15.0. The Morgan fingerprint density at radius 1 is 1.25 bits per heavy atom. The molecule has 0 aromatic rings. The first kappa shape index (κ1) is 11.4. The maximum atomic E-state index is 11.4. The van der Waals surface area contributed by atoms with E-state index in [1.807, 2.05) is 0 Å². The van der Waals surface area contributed by atoms with Crippen molar-refractivity contribution < 1.29 is 14.7 Å². The van der Waals surface area contributed by atoms with Crippen molar-refractivity contribution in [1.29, 1.82) is 0 Å². The molecule has 5 heteroatoms. The Labute approximate surface area is 94.6 Å². The molecule has 16 heavy (non-hydrogen) atoms. The van der Waals surface area contributed by atoms with Crippen molar-refractivity contribution in [2.45, 2.75) is 19.3 Å². The second-order valence-electron chi connectivity index (χ2n) is 4.72. The van der Waals surface area contributed by atoms with Gasteiger partial charge in [-0.15, -0.1) is 0 Å². The summed E-state index contributed by atoms with van der Waals surface area (Å²) < 4.78 is 0. The number of hydrogen-bond donors (Lipinski definition) is 3. The van der Waals surface area contributed by atoms with Crippen molar-refractivity contribution in [3.8, 4) is 0 Å². The van der Waals surface area contributed by atoms with E-state index in [0.29, 0.717) is 24.8 Å². The summed E-state index contributed by atoms with van der Waals surface area (Å²) in [5.74, 6) is -1.26. The van der Waals surface area contributed by atoms with Crippen molar-refractivity contribution in [1.82, 2.24) is 10.6 Å². The number of aliphatic carboxylic acids is 1. The molecular weight excluding hydrogens is 208 g/mol. The van der Waals surface area contributed by atoms with Crippen LogP contribution < -0.4 is 10.6 Å². The van der Waals surface area contributed by atoms with Crippen LogP contribution in [0.5, 0.6) is 0 Å². The molecule has 5 nitrogen and oxygen atoms in total. The third-order valence-corrected chi connectivity index (χ3v) is 3.74. The van der Waals surface area contributed by atoms with Crippen LogP contribution in [0, 0.1) is 17.8 Å². The van der Waals surface area contributed by atoms with Gasteiger partial charge in [-0.05, 0) is 44.2 Å². The van der Waals surface area contributed by atoms with Crippen molar-refractivity contribution in [3.63, 3.8) is 0 Å². The first-order chi connectivity index (χ1) is 7.68. The van der Waals surface area contributed by atoms with Gasteiger partial charge in [0.15, 0.2) is 0 Å². The zero-order valence-corrected chi connectivity index (χ0v) is 9.24. The third-order valence-electron chi connectivity index (χ3n) is 3.74. The molecule has 0 aliphatic carbocycles. The zero-order valence-electron chi connectivity index (χ0n) is 9.24. The van der Waals surface area contributed by atoms with Gasteiger partial charge in [-0.3, -0.25) is 9.59 Å². The molecule has 3 N–H and O–H groups in total. The van der Waals surface area contributed by atoms with Gasteiger partial charge in [-0.1, -0.05) is 0 Å². The predicted octanol–water partition coefficient (Wildman–Crippen LogP) is -0.177. The van der Waals surface area contributed by atoms with Crippen molar-refractivity contribution >= 4 is 11.9 Å². The summed E-state index contributed by atoms with van der Waals surface area (Å²) >= 11 is 0. The summed E-state index contributed by atoms with van der Waals surface area (Å²) in [6, 6.07) is 0. The van der Waals surface area contributed by atoms with Crippen LogP contribution in [-0.4, -0.2) is 36.6 Å². The van der Waals surface area contributed by atoms with Gasteiger partial charge in [0.05, 0.1) is 0 Å². The number of rotatable bonds is 2. The Kier molecular flexibility index (Phi) is 3.43. The molecule has 0 radical (unpaired) electrons. The topological polar surface area (TPSA) is 78.4 Å². The fraction of sp³-hybridized carbons (Fsp3) is 0.818. The quantitative estimate of drug-likeness (QED) is 0.571. The highest BCUT2D eigenvalue weighted by Gasteiger charge is 2.37. The maximum absolute atomic E-state index is 11.4. The molecule has 2 aliphatic heterocycles. The summed E-state index contributed by atoms with van der Waals surface area (Å²) in [6.07, 6.45) is 2.69. The minimum atomic E-state index is -0.990. The number of carbonyl (C=O) groups excluding carboxylic acids is 1. The number of nitrogens with one attached hydrogen (secondary N) is 2. The van der Waals surface area contributed by atoms with E-state index in [9.17, 15) is 9.59 Å². The van der Waals surface area contributed by atoms with Gasteiger partial charge in [0.2, 0.25) is 5.91 Å². The van der Waals surface area contributed by atoms with Crippen molar-refractivity contribution in [2.24, 2.45) is 17.8 Å². The lowest BCUT2D eigenvalue weighted by Gasteiger charge is -2.35. The maximum Gasteiger partial charge on any atom is 0.316 e. The molecule has 2 rings (SSSR count). The molecular formula is C11H18N2O3. The van der Waals surface area contributed by atoms with Crippen LogP contribution in [0.25, 0.3) is 0 Å². The molecule has 0 aromatic carbocycles. The van der Waals surface area contributed by atoms with Gasteiger partial charge in [0.25, 0.3) is 0 Å². The van der Waals surface area contributed by atoms with Gasteiger partial charge in [0, 0.05) is 6.54 Å². The molecule has 0 spiro atoms. The second kappa shape index (κ2) is 4.82. The van der Waals surface area contributed by atoms with Crippen LogP contribution in [0.2, 0.25) is 0 Å². The van der Waals surface area contributed by atoms with Crippen LogP contribution in [0.15, 0.2) is 0 Å². The highest BCUT2D eigenvalue weighted by Crippen LogP contribution is 2.29. The van der Waals surface area contributed by atoms with Crippen LogP contribution in [0.3, 0.4) is 0 Å². The van der Waals surface area contributed by atoms with Gasteiger partial charge < -0.3 is 15.7 Å². The lowest BCUT2D eigenvalue weighted by Crippen LogP contribution is -2.48. The lowest BCUT2D eigenvalue weighted by atomic mass is 9.77. The van der Waals surface area contributed by atoms with E-state index in [-0.39, 0.29) is 5.91 Å². The zero-order chi connectivity index (χ0) is 11.5. The third kappa shape index (κ3) is 2.35. The molecule has 2 fully saturated rings. The standard InChI is InChI=1S/C11H18N2O3/c14-10-9(11(15)16)5-8(6-13-10)7-1-3-12-4-2-7/h7-9,12H,1-6H2,(H,13,14)(H,15,16)/t8-,9+/m1/s1. The molecule has 2 saturated heterocycles. The van der Waals surface area contributed by atoms with E-state index < -0.39 is 11.9 Å². The molecule has 90 valence electrons. The SMILES string of the molecule is O=C(O)[C@H]1C[C@@H](C2CCNCC2)CNC1=O. The molecule has 0 aromatic heterocycles. The van der Waals surface area contributed by atoms with Crippen LogP contribution >= 0.6 is 0 Å². The molecule has 0 saturated carbocycles. The highest BCUT2D eigenvalue weighted by atomic mass is 16.4. The van der Waals surface area contributed by atoms with Crippen LogP contribution in [-0.2, 0) is 9.59 Å². The summed E-state index contributed by atoms with van der Waals surface area (Å²) in [7, 11) is 0. The van der Waals surface area contributed by atoms with Gasteiger partial charge in [0.1, 0.15) is 5.92 Å². The van der Waals surface area contributed by atoms with Gasteiger partial charge >= 0.3 is 5.97 Å². The van der Waals surface area contributed by atoms with Crippen LogP contribution in [0.4, 0.5) is 0 Å². The largest absolute Gasteiger partial charge is 0.481 e. The predicted molar refractivity (Wildman–Crippen MR) is 57.8 cm³/mol. The van der Waals surface area contributed by atoms with Crippen LogP contribution in [0.1, 0.15) is 19.3 Å². The monoisotopic (exact) mass is 226 g/mol. The normalized spacial score (nSPS) is 32.1. The smallest absolute Gasteiger partial charge is 0.316 e. The van der Waals surface area contributed by atoms with Gasteiger partial charge in [-0.2, -0.15) is 0 Å². The summed E-state index contributed by atoms with van der Waals surface area (Å²) in [5.41, 5.74) is 0. The number of carbonyl (C=O) groups is 2. The molecule has 2 aliphatic rings. The van der Waals surface area contributed by atoms with E-state index in [1.165, 1.54) is 0 Å². The minimum absolute atomic E-state index is 0.322. The molecule has 0 bridgehead atoms. The Morgan fingerprint density at radius 3 is 2.56 bits per heavy atom. The Bertz CT molecular complexity index is 287. The number of piperidine rings is 2. The van der Waals surface area contributed by atoms with E-state index in [2.05, 4.69) is 10.6 Å². The Morgan fingerprint density at radius 2 is 1.94 bits per heavy atom. The van der Waals surface area contributed by atoms with E-state index in [4.69, 9.17) is 5.11 Å². The second-order valence-corrected chi connectivity index (χ2v) is 4.72. The number of hydrogen-bond acceptors (Lipinski definition) is 3. The first-order valence-electron chi connectivity index (χ1n) is 5.89. The first-order valence-corrected chi connectivity index (χ1v) is 5.89. The fourth-order valence-electron chi connectivity index (χ4n) is 2.74. The van der Waals surface area contributed by atoms with Gasteiger partial charge in [-0.25, -0.2) is 0 Å². The number of carboxylic acid groups (broad SMARTS) is 1. The Balaban J connectivity index is 1.96. The molecule has 2 heterocycles. The van der Waals surface area contributed by atoms with Crippen molar-refractivity contribution in [2.75, 3.05) is 19.6 Å². The van der Waals surface area contributed by atoms with Crippen molar-refractivity contribution in [3.05, 3.63) is 0 Å². The Hall–Kier alpha value is -1.10. The average molecular weight is 226 g/mol. The molecule has 0 unspecified atom stereocenters. The summed E-state index contributed by atoms with van der Waals surface area (Å²) in [6.45, 7) is 2.66. The number of amides is 1. The van der Waals surface area contributed by atoms with E-state index in [1.54, 1.807) is 0 Å². The summed E-state index contributed by atoms with van der Waals surface area (Å²) in [4.78, 5) is 22.3. The van der Waals surface area contributed by atoms with E-state index >= 15 is 0 Å². The lowest BCUT2D eigenvalue weighted by molar-refractivity contribution is -0.149.